The molecule has 2 rings (SSSR count). The van der Waals surface area contributed by atoms with Gasteiger partial charge in [0, 0.05) is 11.5 Å². The van der Waals surface area contributed by atoms with Crippen LogP contribution < -0.4 is 0 Å². The third kappa shape index (κ3) is 2.23. The highest BCUT2D eigenvalue weighted by atomic mass is 19.1. The topological polar surface area (TPSA) is 26.3 Å². The summed E-state index contributed by atoms with van der Waals surface area (Å²) in [7, 11) is 0. The summed E-state index contributed by atoms with van der Waals surface area (Å²) in [6.07, 6.45) is 0.863. The maximum atomic E-state index is 12.9. The molecule has 3 heteroatoms. The Morgan fingerprint density at radius 1 is 1.53 bits per heavy atom. The smallest absolute Gasteiger partial charge is 0.168 e. The van der Waals surface area contributed by atoms with Crippen LogP contribution in [0.3, 0.4) is 0 Å². The standard InChI is InChI=1S/C12H13FO2/c1-8-5-10(7-15-8)12(14)9-3-2-4-11(13)6-9/h2-4,6,8,10H,5,7H2,1H3. The molecule has 15 heavy (non-hydrogen) atoms. The Balaban J connectivity index is 2.14. The number of benzene rings is 1. The minimum absolute atomic E-state index is 0.0150. The number of ether oxygens (including phenoxy) is 1. The van der Waals surface area contributed by atoms with Crippen molar-refractivity contribution in [3.63, 3.8) is 0 Å². The van der Waals surface area contributed by atoms with Crippen molar-refractivity contribution < 1.29 is 13.9 Å². The number of carbonyl (C=O) groups is 1. The quantitative estimate of drug-likeness (QED) is 0.698. The molecule has 0 saturated carbocycles. The molecule has 2 unspecified atom stereocenters. The first-order valence-corrected chi connectivity index (χ1v) is 5.08. The summed E-state index contributed by atoms with van der Waals surface area (Å²) in [5.41, 5.74) is 0.442. The lowest BCUT2D eigenvalue weighted by Crippen LogP contribution is -2.14. The van der Waals surface area contributed by atoms with Gasteiger partial charge in [0.05, 0.1) is 12.7 Å². The summed E-state index contributed by atoms with van der Waals surface area (Å²) in [5.74, 6) is -0.492. The summed E-state index contributed by atoms with van der Waals surface area (Å²) in [5, 5.41) is 0. The molecule has 2 atom stereocenters. The van der Waals surface area contributed by atoms with Gasteiger partial charge in [0.15, 0.2) is 5.78 Å². The van der Waals surface area contributed by atoms with Gasteiger partial charge in [-0.25, -0.2) is 4.39 Å². The molecule has 0 bridgehead atoms. The van der Waals surface area contributed by atoms with E-state index >= 15 is 0 Å². The number of rotatable bonds is 2. The lowest BCUT2D eigenvalue weighted by molar-refractivity contribution is 0.0877. The van der Waals surface area contributed by atoms with Crippen molar-refractivity contribution in [2.24, 2.45) is 5.92 Å². The fraction of sp³-hybridized carbons (Fsp3) is 0.417. The Labute approximate surface area is 88.1 Å². The second-order valence-corrected chi connectivity index (χ2v) is 3.95. The number of carbonyl (C=O) groups excluding carboxylic acids is 1. The van der Waals surface area contributed by atoms with Crippen molar-refractivity contribution in [2.45, 2.75) is 19.4 Å². The molecule has 0 radical (unpaired) electrons. The first-order valence-electron chi connectivity index (χ1n) is 5.08. The zero-order valence-corrected chi connectivity index (χ0v) is 8.57. The zero-order valence-electron chi connectivity index (χ0n) is 8.57. The minimum atomic E-state index is -0.368. The summed E-state index contributed by atoms with van der Waals surface area (Å²) < 4.78 is 18.2. The van der Waals surface area contributed by atoms with Crippen molar-refractivity contribution in [3.8, 4) is 0 Å². The summed E-state index contributed by atoms with van der Waals surface area (Å²) >= 11 is 0. The van der Waals surface area contributed by atoms with Gasteiger partial charge in [-0.1, -0.05) is 12.1 Å². The van der Waals surface area contributed by atoms with Crippen molar-refractivity contribution in [2.75, 3.05) is 6.61 Å². The number of halogens is 1. The fourth-order valence-electron chi connectivity index (χ4n) is 1.88. The summed E-state index contributed by atoms with van der Waals surface area (Å²) in [6, 6.07) is 5.83. The van der Waals surface area contributed by atoms with Crippen molar-refractivity contribution >= 4 is 5.78 Å². The summed E-state index contributed by atoms with van der Waals surface area (Å²) in [4.78, 5) is 11.9. The second kappa shape index (κ2) is 4.11. The van der Waals surface area contributed by atoms with Crippen LogP contribution in [0.4, 0.5) is 4.39 Å². The molecule has 1 aromatic rings. The van der Waals surface area contributed by atoms with Gasteiger partial charge in [0.2, 0.25) is 0 Å². The molecule has 1 aromatic carbocycles. The predicted octanol–water partition coefficient (Wildman–Crippen LogP) is 2.43. The second-order valence-electron chi connectivity index (χ2n) is 3.95. The Morgan fingerprint density at radius 2 is 2.33 bits per heavy atom. The van der Waals surface area contributed by atoms with Crippen LogP contribution in [0.15, 0.2) is 24.3 Å². The minimum Gasteiger partial charge on any atom is -0.378 e. The van der Waals surface area contributed by atoms with Crippen LogP contribution in [0.1, 0.15) is 23.7 Å². The van der Waals surface area contributed by atoms with Gasteiger partial charge < -0.3 is 4.74 Å². The number of Topliss-reactive ketones (excluding diaryl/α,β-unsaturated/α-hetero) is 1. The molecule has 0 amide bonds. The molecule has 0 N–H and O–H groups in total. The van der Waals surface area contributed by atoms with Crippen molar-refractivity contribution in [1.82, 2.24) is 0 Å². The maximum absolute atomic E-state index is 12.9. The van der Waals surface area contributed by atoms with Crippen LogP contribution in [-0.4, -0.2) is 18.5 Å². The number of ketones is 1. The zero-order chi connectivity index (χ0) is 10.8. The molecule has 0 aliphatic carbocycles. The van der Waals surface area contributed by atoms with Crippen molar-refractivity contribution in [3.05, 3.63) is 35.6 Å². The first kappa shape index (κ1) is 10.3. The molecule has 1 aliphatic rings. The molecule has 1 heterocycles. The van der Waals surface area contributed by atoms with Crippen LogP contribution >= 0.6 is 0 Å². The van der Waals surface area contributed by atoms with E-state index in [0.29, 0.717) is 12.2 Å². The first-order chi connectivity index (χ1) is 7.16. The third-order valence-electron chi connectivity index (χ3n) is 2.68. The van der Waals surface area contributed by atoms with E-state index in [2.05, 4.69) is 0 Å². The average Bonchev–Trinajstić information content (AvgIpc) is 2.64. The van der Waals surface area contributed by atoms with Gasteiger partial charge in [-0.3, -0.25) is 4.79 Å². The fourth-order valence-corrected chi connectivity index (χ4v) is 1.88. The van der Waals surface area contributed by atoms with E-state index in [9.17, 15) is 9.18 Å². The normalized spacial score (nSPS) is 25.5. The van der Waals surface area contributed by atoms with E-state index in [1.54, 1.807) is 12.1 Å². The molecular formula is C12H13FO2. The van der Waals surface area contributed by atoms with Crippen LogP contribution in [0.25, 0.3) is 0 Å². The van der Waals surface area contributed by atoms with Gasteiger partial charge in [-0.15, -0.1) is 0 Å². The van der Waals surface area contributed by atoms with Crippen LogP contribution in [0.5, 0.6) is 0 Å². The van der Waals surface area contributed by atoms with Crippen molar-refractivity contribution in [1.29, 1.82) is 0 Å². The number of hydrogen-bond donors (Lipinski definition) is 0. The average molecular weight is 208 g/mol. The highest BCUT2D eigenvalue weighted by Crippen LogP contribution is 2.23. The molecule has 0 aromatic heterocycles. The Bertz CT molecular complexity index is 376. The molecule has 1 fully saturated rings. The van der Waals surface area contributed by atoms with Gasteiger partial charge in [-0.05, 0) is 25.5 Å². The van der Waals surface area contributed by atoms with Crippen LogP contribution in [-0.2, 0) is 4.74 Å². The van der Waals surface area contributed by atoms with E-state index < -0.39 is 0 Å². The molecule has 0 spiro atoms. The lowest BCUT2D eigenvalue weighted by atomic mass is 9.95. The molecule has 2 nitrogen and oxygen atoms in total. The van der Waals surface area contributed by atoms with E-state index in [1.807, 2.05) is 6.92 Å². The molecular weight excluding hydrogens is 195 g/mol. The largest absolute Gasteiger partial charge is 0.378 e. The molecule has 1 saturated heterocycles. The van der Waals surface area contributed by atoms with E-state index in [-0.39, 0.29) is 23.6 Å². The van der Waals surface area contributed by atoms with Gasteiger partial charge in [0.25, 0.3) is 0 Å². The summed E-state index contributed by atoms with van der Waals surface area (Å²) in [6.45, 7) is 2.40. The highest BCUT2D eigenvalue weighted by molar-refractivity contribution is 5.98. The van der Waals surface area contributed by atoms with Gasteiger partial charge >= 0.3 is 0 Å². The molecule has 1 aliphatic heterocycles. The number of hydrogen-bond acceptors (Lipinski definition) is 2. The van der Waals surface area contributed by atoms with Crippen LogP contribution in [0.2, 0.25) is 0 Å². The monoisotopic (exact) mass is 208 g/mol. The lowest BCUT2D eigenvalue weighted by Gasteiger charge is -2.06. The SMILES string of the molecule is CC1CC(C(=O)c2cccc(F)c2)CO1. The highest BCUT2D eigenvalue weighted by Gasteiger charge is 2.28. The van der Waals surface area contributed by atoms with Gasteiger partial charge in [0.1, 0.15) is 5.82 Å². The third-order valence-corrected chi connectivity index (χ3v) is 2.68. The van der Waals surface area contributed by atoms with Gasteiger partial charge in [-0.2, -0.15) is 0 Å². The van der Waals surface area contributed by atoms with E-state index in [4.69, 9.17) is 4.74 Å². The predicted molar refractivity (Wildman–Crippen MR) is 54.3 cm³/mol. The maximum Gasteiger partial charge on any atom is 0.168 e. The van der Waals surface area contributed by atoms with E-state index in [0.717, 1.165) is 6.42 Å². The van der Waals surface area contributed by atoms with E-state index in [1.165, 1.54) is 12.1 Å². The molecule has 80 valence electrons. The Hall–Kier alpha value is -1.22. The Morgan fingerprint density at radius 3 is 2.93 bits per heavy atom. The van der Waals surface area contributed by atoms with Crippen LogP contribution in [0, 0.1) is 11.7 Å². The Kier molecular flexibility index (Phi) is 2.82.